The largest absolute Gasteiger partial charge is 0.467 e. The lowest BCUT2D eigenvalue weighted by Crippen LogP contribution is -2.45. The van der Waals surface area contributed by atoms with Crippen LogP contribution in [0.5, 0.6) is 0 Å². The molecule has 1 aliphatic rings. The van der Waals surface area contributed by atoms with Crippen LogP contribution in [0.15, 0.2) is 36.4 Å². The number of hydrogen-bond acceptors (Lipinski definition) is 3. The van der Waals surface area contributed by atoms with E-state index in [9.17, 15) is 14.0 Å². The molecule has 118 valence electrons. The standard InChI is InChI=1S/C17H20FNO3/c1-22-17(21)15(11-12-7-9-14(18)10-8-12)19-16(20)13-5-3-2-4-6-13/h2-3,7-10,13,15H,4-6,11H2,1H3,(H,19,20)/t13-,15+/m1/s1. The molecule has 0 spiro atoms. The number of allylic oxidation sites excluding steroid dienone is 2. The summed E-state index contributed by atoms with van der Waals surface area (Å²) in [6.45, 7) is 0. The molecule has 1 N–H and O–H groups in total. The van der Waals surface area contributed by atoms with Crippen molar-refractivity contribution in [1.82, 2.24) is 5.32 Å². The molecule has 0 aliphatic heterocycles. The molecule has 0 saturated heterocycles. The molecule has 22 heavy (non-hydrogen) atoms. The van der Waals surface area contributed by atoms with Crippen LogP contribution in [-0.4, -0.2) is 25.0 Å². The van der Waals surface area contributed by atoms with Gasteiger partial charge in [-0.15, -0.1) is 0 Å². The van der Waals surface area contributed by atoms with Crippen LogP contribution in [0.2, 0.25) is 0 Å². The molecule has 1 aromatic carbocycles. The number of carbonyl (C=O) groups excluding carboxylic acids is 2. The average molecular weight is 305 g/mol. The van der Waals surface area contributed by atoms with Crippen molar-refractivity contribution in [2.45, 2.75) is 31.7 Å². The Morgan fingerprint density at radius 1 is 1.32 bits per heavy atom. The Balaban J connectivity index is 2.02. The van der Waals surface area contributed by atoms with E-state index in [1.165, 1.54) is 19.2 Å². The molecule has 0 unspecified atom stereocenters. The van der Waals surface area contributed by atoms with E-state index in [1.807, 2.05) is 6.08 Å². The molecule has 0 saturated carbocycles. The molecule has 0 radical (unpaired) electrons. The first-order valence-corrected chi connectivity index (χ1v) is 7.38. The maximum absolute atomic E-state index is 12.9. The van der Waals surface area contributed by atoms with E-state index in [-0.39, 0.29) is 24.1 Å². The Labute approximate surface area is 129 Å². The van der Waals surface area contributed by atoms with Crippen LogP contribution in [-0.2, 0) is 20.7 Å². The van der Waals surface area contributed by atoms with Crippen molar-refractivity contribution in [3.63, 3.8) is 0 Å². The molecule has 0 aromatic heterocycles. The van der Waals surface area contributed by atoms with Gasteiger partial charge in [0.05, 0.1) is 7.11 Å². The van der Waals surface area contributed by atoms with E-state index in [2.05, 4.69) is 11.4 Å². The first-order chi connectivity index (χ1) is 10.6. The van der Waals surface area contributed by atoms with E-state index in [4.69, 9.17) is 4.74 Å². The smallest absolute Gasteiger partial charge is 0.328 e. The zero-order valence-corrected chi connectivity index (χ0v) is 12.5. The highest BCUT2D eigenvalue weighted by Crippen LogP contribution is 2.18. The topological polar surface area (TPSA) is 55.4 Å². The number of nitrogens with one attached hydrogen (secondary N) is 1. The molecule has 1 aliphatic carbocycles. The van der Waals surface area contributed by atoms with Gasteiger partial charge in [0, 0.05) is 12.3 Å². The van der Waals surface area contributed by atoms with Gasteiger partial charge in [-0.3, -0.25) is 4.79 Å². The van der Waals surface area contributed by atoms with Gasteiger partial charge in [-0.1, -0.05) is 24.3 Å². The van der Waals surface area contributed by atoms with Gasteiger partial charge < -0.3 is 10.1 Å². The molecule has 0 bridgehead atoms. The van der Waals surface area contributed by atoms with Gasteiger partial charge >= 0.3 is 5.97 Å². The summed E-state index contributed by atoms with van der Waals surface area (Å²) in [5, 5.41) is 2.76. The Hall–Kier alpha value is -2.17. The Kier molecular flexibility index (Phi) is 5.69. The van der Waals surface area contributed by atoms with Crippen molar-refractivity contribution >= 4 is 11.9 Å². The second-order valence-corrected chi connectivity index (χ2v) is 5.40. The second-order valence-electron chi connectivity index (χ2n) is 5.40. The van der Waals surface area contributed by atoms with Crippen molar-refractivity contribution in [3.05, 3.63) is 47.8 Å². The zero-order chi connectivity index (χ0) is 15.9. The Morgan fingerprint density at radius 2 is 2.05 bits per heavy atom. The highest BCUT2D eigenvalue weighted by molar-refractivity contribution is 5.86. The van der Waals surface area contributed by atoms with Gasteiger partial charge in [-0.05, 0) is 37.0 Å². The molecule has 5 heteroatoms. The fourth-order valence-corrected chi connectivity index (χ4v) is 2.51. The third-order valence-electron chi connectivity index (χ3n) is 3.80. The van der Waals surface area contributed by atoms with Crippen LogP contribution in [0, 0.1) is 11.7 Å². The van der Waals surface area contributed by atoms with Gasteiger partial charge in [-0.2, -0.15) is 0 Å². The van der Waals surface area contributed by atoms with E-state index in [1.54, 1.807) is 12.1 Å². The fourth-order valence-electron chi connectivity index (χ4n) is 2.51. The van der Waals surface area contributed by atoms with Gasteiger partial charge in [-0.25, -0.2) is 9.18 Å². The molecule has 2 rings (SSSR count). The van der Waals surface area contributed by atoms with Crippen LogP contribution >= 0.6 is 0 Å². The number of hydrogen-bond donors (Lipinski definition) is 1. The number of carbonyl (C=O) groups is 2. The number of ether oxygens (including phenoxy) is 1. The number of esters is 1. The van der Waals surface area contributed by atoms with Crippen LogP contribution in [0.3, 0.4) is 0 Å². The minimum Gasteiger partial charge on any atom is -0.467 e. The normalized spacial score (nSPS) is 18.5. The Morgan fingerprint density at radius 3 is 2.64 bits per heavy atom. The summed E-state index contributed by atoms with van der Waals surface area (Å²) >= 11 is 0. The number of benzene rings is 1. The number of halogens is 1. The number of methoxy groups -OCH3 is 1. The average Bonchev–Trinajstić information content (AvgIpc) is 2.56. The molecule has 0 fully saturated rings. The predicted octanol–water partition coefficient (Wildman–Crippen LogP) is 2.38. The van der Waals surface area contributed by atoms with Crippen molar-refractivity contribution in [2.75, 3.05) is 7.11 Å². The summed E-state index contributed by atoms with van der Waals surface area (Å²) in [4.78, 5) is 24.1. The van der Waals surface area contributed by atoms with E-state index in [0.29, 0.717) is 6.42 Å². The van der Waals surface area contributed by atoms with E-state index < -0.39 is 12.0 Å². The molecule has 0 heterocycles. The number of rotatable bonds is 5. The Bertz CT molecular complexity index is 554. The van der Waals surface area contributed by atoms with Gasteiger partial charge in [0.15, 0.2) is 0 Å². The summed E-state index contributed by atoms with van der Waals surface area (Å²) < 4.78 is 17.7. The first kappa shape index (κ1) is 16.2. The van der Waals surface area contributed by atoms with Gasteiger partial charge in [0.25, 0.3) is 0 Å². The van der Waals surface area contributed by atoms with E-state index >= 15 is 0 Å². The fraction of sp³-hybridized carbons (Fsp3) is 0.412. The lowest BCUT2D eigenvalue weighted by Gasteiger charge is -2.22. The van der Waals surface area contributed by atoms with E-state index in [0.717, 1.165) is 18.4 Å². The zero-order valence-electron chi connectivity index (χ0n) is 12.5. The quantitative estimate of drug-likeness (QED) is 0.671. The van der Waals surface area contributed by atoms with Crippen LogP contribution < -0.4 is 5.32 Å². The third kappa shape index (κ3) is 4.41. The molecule has 1 amide bonds. The van der Waals surface area contributed by atoms with Crippen LogP contribution in [0.1, 0.15) is 24.8 Å². The van der Waals surface area contributed by atoms with Crippen LogP contribution in [0.25, 0.3) is 0 Å². The van der Waals surface area contributed by atoms with Crippen molar-refractivity contribution in [1.29, 1.82) is 0 Å². The highest BCUT2D eigenvalue weighted by Gasteiger charge is 2.26. The minimum atomic E-state index is -0.756. The molecule has 2 atom stereocenters. The SMILES string of the molecule is COC(=O)[C@H](Cc1ccc(F)cc1)NC(=O)[C@@H]1CC=CCC1. The number of amides is 1. The molecule has 1 aromatic rings. The first-order valence-electron chi connectivity index (χ1n) is 7.38. The highest BCUT2D eigenvalue weighted by atomic mass is 19.1. The third-order valence-corrected chi connectivity index (χ3v) is 3.80. The maximum atomic E-state index is 12.9. The maximum Gasteiger partial charge on any atom is 0.328 e. The molecular formula is C17H20FNO3. The summed E-state index contributed by atoms with van der Waals surface area (Å²) in [6.07, 6.45) is 6.67. The van der Waals surface area contributed by atoms with Gasteiger partial charge in [0.1, 0.15) is 11.9 Å². The lowest BCUT2D eigenvalue weighted by molar-refractivity contribution is -0.145. The minimum absolute atomic E-state index is 0.106. The monoisotopic (exact) mass is 305 g/mol. The predicted molar refractivity (Wildman–Crippen MR) is 80.5 cm³/mol. The van der Waals surface area contributed by atoms with Crippen molar-refractivity contribution in [3.8, 4) is 0 Å². The lowest BCUT2D eigenvalue weighted by atomic mass is 9.93. The summed E-state index contributed by atoms with van der Waals surface area (Å²) in [5.41, 5.74) is 0.764. The van der Waals surface area contributed by atoms with Crippen molar-refractivity contribution < 1.29 is 18.7 Å². The van der Waals surface area contributed by atoms with Gasteiger partial charge in [0.2, 0.25) is 5.91 Å². The summed E-state index contributed by atoms with van der Waals surface area (Å²) in [5.74, 6) is -1.08. The summed E-state index contributed by atoms with van der Waals surface area (Å²) in [7, 11) is 1.29. The molecular weight excluding hydrogens is 285 g/mol. The summed E-state index contributed by atoms with van der Waals surface area (Å²) in [6, 6.07) is 5.10. The van der Waals surface area contributed by atoms with Crippen LogP contribution in [0.4, 0.5) is 4.39 Å². The van der Waals surface area contributed by atoms with Crippen molar-refractivity contribution in [2.24, 2.45) is 5.92 Å². The molecule has 4 nitrogen and oxygen atoms in total. The second kappa shape index (κ2) is 7.73.